The predicted octanol–water partition coefficient (Wildman–Crippen LogP) is 2.84. The van der Waals surface area contributed by atoms with Gasteiger partial charge in [0.05, 0.1) is 34.7 Å². The second-order valence-electron chi connectivity index (χ2n) is 9.68. The van der Waals surface area contributed by atoms with Gasteiger partial charge in [-0.2, -0.15) is 5.10 Å². The van der Waals surface area contributed by atoms with Crippen molar-refractivity contribution in [2.75, 3.05) is 26.0 Å². The summed E-state index contributed by atoms with van der Waals surface area (Å²) in [6, 6.07) is 3.71. The van der Waals surface area contributed by atoms with Crippen molar-refractivity contribution < 1.29 is 14.3 Å². The zero-order valence-electron chi connectivity index (χ0n) is 21.4. The second-order valence-corrected chi connectivity index (χ2v) is 10.1. The lowest BCUT2D eigenvalue weighted by molar-refractivity contribution is -0.127. The fourth-order valence-corrected chi connectivity index (χ4v) is 5.85. The Morgan fingerprint density at radius 2 is 2.11 bits per heavy atom. The summed E-state index contributed by atoms with van der Waals surface area (Å²) in [6.45, 7) is 6.44. The maximum Gasteiger partial charge on any atom is 0.255 e. The number of ether oxygens (including phenoxy) is 1. The molecule has 38 heavy (non-hydrogen) atoms. The average molecular weight is 536 g/mol. The number of primary amides is 1. The number of amides is 2. The van der Waals surface area contributed by atoms with E-state index in [2.05, 4.69) is 35.0 Å². The number of methoxy groups -OCH3 is 1. The number of imidazole rings is 1. The van der Waals surface area contributed by atoms with Gasteiger partial charge in [0, 0.05) is 31.7 Å². The van der Waals surface area contributed by atoms with Gasteiger partial charge in [-0.25, -0.2) is 9.67 Å². The summed E-state index contributed by atoms with van der Waals surface area (Å²) in [5.74, 6) is 6.20. The number of nitrogens with zero attached hydrogens (tertiary/aromatic N) is 5. The van der Waals surface area contributed by atoms with Gasteiger partial charge in [0.1, 0.15) is 17.2 Å². The van der Waals surface area contributed by atoms with Crippen LogP contribution < -0.4 is 11.5 Å². The number of nitrogens with two attached hydrogens (primary N) is 2. The van der Waals surface area contributed by atoms with Crippen molar-refractivity contribution in [1.82, 2.24) is 24.2 Å². The molecule has 1 fully saturated rings. The molecule has 198 valence electrons. The molecule has 3 aromatic rings. The van der Waals surface area contributed by atoms with Crippen molar-refractivity contribution in [3.63, 3.8) is 0 Å². The van der Waals surface area contributed by atoms with Gasteiger partial charge in [-0.1, -0.05) is 31.0 Å². The number of fused-ring (bicyclic) bond motifs is 3. The highest BCUT2D eigenvalue weighted by Gasteiger charge is 2.37. The molecule has 0 aliphatic carbocycles. The number of benzene rings is 1. The number of carbonyl (C=O) groups excluding carboxylic acids is 2. The molecule has 0 saturated carbocycles. The molecule has 10 nitrogen and oxygen atoms in total. The van der Waals surface area contributed by atoms with Crippen LogP contribution in [-0.2, 0) is 16.0 Å². The van der Waals surface area contributed by atoms with Crippen molar-refractivity contribution >= 4 is 40.3 Å². The van der Waals surface area contributed by atoms with Crippen molar-refractivity contribution in [2.24, 2.45) is 5.73 Å². The number of likely N-dealkylation sites (tertiary alicyclic amines) is 1. The molecule has 2 aliphatic rings. The van der Waals surface area contributed by atoms with E-state index in [1.165, 1.54) is 10.8 Å². The van der Waals surface area contributed by atoms with E-state index < -0.39 is 5.91 Å². The van der Waals surface area contributed by atoms with E-state index >= 15 is 0 Å². The third-order valence-electron chi connectivity index (χ3n) is 7.45. The van der Waals surface area contributed by atoms with Crippen LogP contribution in [0.2, 0.25) is 5.02 Å². The lowest BCUT2D eigenvalue weighted by Crippen LogP contribution is -2.37. The second kappa shape index (κ2) is 10.2. The molecule has 11 heteroatoms. The fraction of sp³-hybridized carbons (Fsp3) is 0.407. The molecule has 4 N–H and O–H groups in total. The Labute approximate surface area is 225 Å². The Morgan fingerprint density at radius 3 is 2.79 bits per heavy atom. The molecule has 0 spiro atoms. The van der Waals surface area contributed by atoms with Crippen LogP contribution >= 0.6 is 11.6 Å². The van der Waals surface area contributed by atoms with Crippen molar-refractivity contribution in [2.45, 2.75) is 50.7 Å². The summed E-state index contributed by atoms with van der Waals surface area (Å²) in [5.41, 5.74) is 14.6. The number of rotatable bonds is 6. The highest BCUT2D eigenvalue weighted by Crippen LogP contribution is 2.35. The van der Waals surface area contributed by atoms with Crippen molar-refractivity contribution in [3.05, 3.63) is 52.5 Å². The van der Waals surface area contributed by atoms with E-state index in [9.17, 15) is 9.59 Å². The fourth-order valence-electron chi connectivity index (χ4n) is 5.65. The number of halogens is 1. The summed E-state index contributed by atoms with van der Waals surface area (Å²) in [7, 11) is 1.58. The summed E-state index contributed by atoms with van der Waals surface area (Å²) < 4.78 is 9.08. The van der Waals surface area contributed by atoms with E-state index in [4.69, 9.17) is 32.8 Å². The van der Waals surface area contributed by atoms with Gasteiger partial charge in [0.25, 0.3) is 5.91 Å². The number of carbonyl (C=O) groups is 2. The lowest BCUT2D eigenvalue weighted by Gasteiger charge is -2.22. The predicted molar refractivity (Wildman–Crippen MR) is 145 cm³/mol. The highest BCUT2D eigenvalue weighted by atomic mass is 35.5. The molecule has 2 amide bonds. The van der Waals surface area contributed by atoms with Crippen molar-refractivity contribution in [1.29, 1.82) is 0 Å². The Balaban J connectivity index is 1.50. The SMILES string of the molecule is C=CC(=O)N1C[C@@H](n2nc(C#Cc3cc4nc5n(c4cc3Cl)[C@H](CC)CC5)c(C(N)=O)c2N)C[C@@H]1COC. The van der Waals surface area contributed by atoms with E-state index in [1.54, 1.807) is 12.0 Å². The number of hydrogen-bond acceptors (Lipinski definition) is 6. The van der Waals surface area contributed by atoms with Crippen LogP contribution in [0.3, 0.4) is 0 Å². The topological polar surface area (TPSA) is 134 Å². The van der Waals surface area contributed by atoms with Crippen LogP contribution in [0.1, 0.15) is 65.7 Å². The highest BCUT2D eigenvalue weighted by molar-refractivity contribution is 6.32. The van der Waals surface area contributed by atoms with Gasteiger partial charge in [0.15, 0.2) is 5.69 Å². The van der Waals surface area contributed by atoms with Crippen LogP contribution in [0.4, 0.5) is 5.82 Å². The third-order valence-corrected chi connectivity index (χ3v) is 7.77. The molecule has 3 atom stereocenters. The van der Waals surface area contributed by atoms with E-state index in [0.29, 0.717) is 36.2 Å². The average Bonchev–Trinajstić information content (AvgIpc) is 3.64. The minimum absolute atomic E-state index is 0.0400. The molecule has 0 radical (unpaired) electrons. The minimum atomic E-state index is -0.735. The molecular formula is C27H30ClN7O3. The lowest BCUT2D eigenvalue weighted by atomic mass is 10.1. The number of aromatic nitrogens is 4. The maximum absolute atomic E-state index is 12.4. The minimum Gasteiger partial charge on any atom is -0.383 e. The number of aryl methyl sites for hydroxylation is 1. The Morgan fingerprint density at radius 1 is 1.32 bits per heavy atom. The van der Waals surface area contributed by atoms with Gasteiger partial charge in [-0.3, -0.25) is 9.59 Å². The zero-order chi connectivity index (χ0) is 27.1. The van der Waals surface area contributed by atoms with Gasteiger partial charge in [-0.05, 0) is 43.4 Å². The normalized spacial score (nSPS) is 20.4. The smallest absolute Gasteiger partial charge is 0.255 e. The van der Waals surface area contributed by atoms with Gasteiger partial charge in [0.2, 0.25) is 5.91 Å². The Bertz CT molecular complexity index is 1510. The number of anilines is 1. The summed E-state index contributed by atoms with van der Waals surface area (Å²) >= 11 is 6.62. The quantitative estimate of drug-likeness (QED) is 0.368. The molecule has 0 bridgehead atoms. The Kier molecular flexibility index (Phi) is 6.90. The van der Waals surface area contributed by atoms with E-state index in [0.717, 1.165) is 36.1 Å². The molecule has 2 aromatic heterocycles. The monoisotopic (exact) mass is 535 g/mol. The van der Waals surface area contributed by atoms with Gasteiger partial charge < -0.3 is 25.7 Å². The Hall–Kier alpha value is -3.81. The molecule has 2 aliphatic heterocycles. The standard InChI is InChI=1S/C27H30ClN7O3/c1-4-16-7-9-23-31-21-10-15(19(28)12-22(21)34(16)23)6-8-20-25(27(30)37)26(29)35(32-20)17-11-18(14-38-3)33(13-17)24(36)5-2/h5,10,12,16-18H,2,4,7,9,11,13-14,29H2,1,3H3,(H2,30,37)/t16-,17+,18-/m1/s1. The summed E-state index contributed by atoms with van der Waals surface area (Å²) in [4.78, 5) is 31.2. The molecule has 4 heterocycles. The van der Waals surface area contributed by atoms with E-state index in [-0.39, 0.29) is 35.1 Å². The number of hydrogen-bond donors (Lipinski definition) is 2. The van der Waals surface area contributed by atoms with Crippen LogP contribution in [0.25, 0.3) is 11.0 Å². The molecule has 1 saturated heterocycles. The van der Waals surface area contributed by atoms with E-state index in [1.807, 2.05) is 12.1 Å². The van der Waals surface area contributed by atoms with Gasteiger partial charge >= 0.3 is 0 Å². The zero-order valence-corrected chi connectivity index (χ0v) is 22.2. The van der Waals surface area contributed by atoms with Crippen LogP contribution in [0, 0.1) is 11.8 Å². The number of nitrogen functional groups attached to an aromatic ring is 1. The van der Waals surface area contributed by atoms with Crippen LogP contribution in [-0.4, -0.2) is 62.3 Å². The first-order valence-electron chi connectivity index (χ1n) is 12.6. The first-order chi connectivity index (χ1) is 18.3. The molecule has 1 aromatic carbocycles. The largest absolute Gasteiger partial charge is 0.383 e. The van der Waals surface area contributed by atoms with Gasteiger partial charge in [-0.15, -0.1) is 0 Å². The molecule has 0 unspecified atom stereocenters. The first-order valence-corrected chi connectivity index (χ1v) is 13.0. The molecular weight excluding hydrogens is 506 g/mol. The molecule has 5 rings (SSSR count). The maximum atomic E-state index is 12.4. The van der Waals surface area contributed by atoms with Crippen LogP contribution in [0.5, 0.6) is 0 Å². The first kappa shape index (κ1) is 25.8. The van der Waals surface area contributed by atoms with Crippen LogP contribution in [0.15, 0.2) is 24.8 Å². The third kappa shape index (κ3) is 4.31. The summed E-state index contributed by atoms with van der Waals surface area (Å²) in [5, 5.41) is 5.03. The summed E-state index contributed by atoms with van der Waals surface area (Å²) in [6.07, 6.45) is 4.86. The van der Waals surface area contributed by atoms with Crippen molar-refractivity contribution in [3.8, 4) is 11.8 Å².